The van der Waals surface area contributed by atoms with Crippen LogP contribution in [-0.4, -0.2) is 25.6 Å². The molecule has 0 aromatic heterocycles. The van der Waals surface area contributed by atoms with E-state index >= 15 is 0 Å². The summed E-state index contributed by atoms with van der Waals surface area (Å²) in [4.78, 5) is 11.7. The molecule has 2 N–H and O–H groups in total. The van der Waals surface area contributed by atoms with Gasteiger partial charge in [-0.15, -0.1) is 6.42 Å². The Bertz CT molecular complexity index is 438. The number of terminal acetylenes is 1. The Balaban J connectivity index is 2.47. The number of benzene rings is 1. The summed E-state index contributed by atoms with van der Waals surface area (Å²) in [6.45, 7) is 2.16. The molecule has 0 aliphatic heterocycles. The number of carbonyl (C=O) groups is 1. The zero-order valence-corrected chi connectivity index (χ0v) is 10.7. The van der Waals surface area contributed by atoms with Crippen LogP contribution in [0.2, 0.25) is 0 Å². The molecule has 0 saturated heterocycles. The van der Waals surface area contributed by atoms with Crippen molar-refractivity contribution in [2.24, 2.45) is 0 Å². The molecule has 1 unspecified atom stereocenters. The minimum absolute atomic E-state index is 0.0685. The first-order valence-electron chi connectivity index (χ1n) is 5.83. The van der Waals surface area contributed by atoms with Gasteiger partial charge in [0.1, 0.15) is 5.75 Å². The van der Waals surface area contributed by atoms with Crippen molar-refractivity contribution < 1.29 is 9.53 Å². The number of ether oxygens (including phenoxy) is 1. The predicted molar refractivity (Wildman–Crippen MR) is 72.5 cm³/mol. The Labute approximate surface area is 108 Å². The van der Waals surface area contributed by atoms with Gasteiger partial charge < -0.3 is 10.1 Å². The molecule has 0 aliphatic rings. The van der Waals surface area contributed by atoms with Gasteiger partial charge in [0, 0.05) is 11.8 Å². The summed E-state index contributed by atoms with van der Waals surface area (Å²) in [5.74, 6) is 3.15. The van der Waals surface area contributed by atoms with Gasteiger partial charge in [-0.3, -0.25) is 10.1 Å². The minimum atomic E-state index is -0.128. The van der Waals surface area contributed by atoms with E-state index in [1.165, 1.54) is 0 Å². The molecule has 1 aromatic carbocycles. The van der Waals surface area contributed by atoms with E-state index in [2.05, 4.69) is 16.6 Å². The van der Waals surface area contributed by atoms with Crippen molar-refractivity contribution in [3.63, 3.8) is 0 Å². The third kappa shape index (κ3) is 4.48. The van der Waals surface area contributed by atoms with Crippen molar-refractivity contribution in [3.8, 4) is 18.1 Å². The number of hydrogen-bond donors (Lipinski definition) is 2. The third-order valence-corrected chi connectivity index (χ3v) is 2.47. The molecule has 0 aliphatic carbocycles. The fourth-order valence-corrected chi connectivity index (χ4v) is 1.44. The highest BCUT2D eigenvalue weighted by Crippen LogP contribution is 2.16. The van der Waals surface area contributed by atoms with Gasteiger partial charge in [-0.05, 0) is 18.6 Å². The summed E-state index contributed by atoms with van der Waals surface area (Å²) in [5, 5.41) is 5.76. The number of nitrogens with one attached hydrogen (secondary N) is 2. The number of rotatable bonds is 6. The lowest BCUT2D eigenvalue weighted by Crippen LogP contribution is -2.34. The first kappa shape index (κ1) is 14.1. The third-order valence-electron chi connectivity index (χ3n) is 2.47. The molecular weight excluding hydrogens is 228 g/mol. The lowest BCUT2D eigenvalue weighted by Gasteiger charge is -2.11. The highest BCUT2D eigenvalue weighted by molar-refractivity contribution is 5.92. The van der Waals surface area contributed by atoms with E-state index in [9.17, 15) is 4.79 Å². The van der Waals surface area contributed by atoms with Crippen molar-refractivity contribution in [3.05, 3.63) is 24.3 Å². The highest BCUT2D eigenvalue weighted by atomic mass is 16.5. The number of methoxy groups -OCH3 is 1. The predicted octanol–water partition coefficient (Wildman–Crippen LogP) is 1.64. The van der Waals surface area contributed by atoms with Gasteiger partial charge >= 0.3 is 0 Å². The maximum Gasteiger partial charge on any atom is 0.238 e. The fraction of sp³-hybridized carbons (Fsp3) is 0.357. The average molecular weight is 246 g/mol. The topological polar surface area (TPSA) is 50.4 Å². The molecule has 1 aromatic rings. The van der Waals surface area contributed by atoms with Gasteiger partial charge in [-0.2, -0.15) is 0 Å². The Morgan fingerprint density at radius 2 is 2.33 bits per heavy atom. The Kier molecular flexibility index (Phi) is 5.75. The van der Waals surface area contributed by atoms with Crippen LogP contribution in [0.3, 0.4) is 0 Å². The van der Waals surface area contributed by atoms with E-state index in [0.29, 0.717) is 11.4 Å². The second-order valence-electron chi connectivity index (χ2n) is 3.79. The van der Waals surface area contributed by atoms with Gasteiger partial charge in [-0.25, -0.2) is 0 Å². The van der Waals surface area contributed by atoms with Crippen LogP contribution in [0.25, 0.3) is 0 Å². The van der Waals surface area contributed by atoms with Crippen molar-refractivity contribution in [1.29, 1.82) is 0 Å². The minimum Gasteiger partial charge on any atom is -0.497 e. The number of amides is 1. The molecule has 0 heterocycles. The summed E-state index contributed by atoms with van der Waals surface area (Å²) in [6.07, 6.45) is 6.09. The van der Waals surface area contributed by atoms with Gasteiger partial charge in [0.25, 0.3) is 0 Å². The first-order valence-corrected chi connectivity index (χ1v) is 5.83. The second kappa shape index (κ2) is 7.36. The molecule has 1 amide bonds. The SMILES string of the molecule is C#CC(CC)NCC(=O)Nc1cccc(OC)c1. The standard InChI is InChI=1S/C14H18N2O2/c1-4-11(5-2)15-10-14(17)16-12-7-6-8-13(9-12)18-3/h1,6-9,11,15H,5,10H2,2-3H3,(H,16,17). The normalized spacial score (nSPS) is 11.4. The van der Waals surface area contributed by atoms with Crippen LogP contribution in [0.1, 0.15) is 13.3 Å². The van der Waals surface area contributed by atoms with Crippen LogP contribution >= 0.6 is 0 Å². The number of hydrogen-bond acceptors (Lipinski definition) is 3. The van der Waals surface area contributed by atoms with E-state index in [4.69, 9.17) is 11.2 Å². The van der Waals surface area contributed by atoms with Gasteiger partial charge in [-0.1, -0.05) is 18.9 Å². The zero-order chi connectivity index (χ0) is 13.4. The molecule has 4 nitrogen and oxygen atoms in total. The Hall–Kier alpha value is -1.99. The zero-order valence-electron chi connectivity index (χ0n) is 10.7. The molecule has 0 radical (unpaired) electrons. The van der Waals surface area contributed by atoms with Crippen molar-refractivity contribution in [2.45, 2.75) is 19.4 Å². The molecule has 0 saturated carbocycles. The molecule has 1 rings (SSSR count). The largest absolute Gasteiger partial charge is 0.497 e. The first-order chi connectivity index (χ1) is 8.69. The monoisotopic (exact) mass is 246 g/mol. The van der Waals surface area contributed by atoms with Crippen LogP contribution in [0.4, 0.5) is 5.69 Å². The van der Waals surface area contributed by atoms with Crippen LogP contribution in [0, 0.1) is 12.3 Å². The molecule has 0 spiro atoms. The lowest BCUT2D eigenvalue weighted by molar-refractivity contribution is -0.115. The van der Waals surface area contributed by atoms with Gasteiger partial charge in [0.05, 0.1) is 19.7 Å². The summed E-state index contributed by atoms with van der Waals surface area (Å²) in [5.41, 5.74) is 0.704. The summed E-state index contributed by atoms with van der Waals surface area (Å²) in [6, 6.07) is 7.13. The quantitative estimate of drug-likeness (QED) is 0.750. The molecule has 96 valence electrons. The van der Waals surface area contributed by atoms with Crippen LogP contribution in [-0.2, 0) is 4.79 Å². The van der Waals surface area contributed by atoms with Gasteiger partial charge in [0.15, 0.2) is 0 Å². The lowest BCUT2D eigenvalue weighted by atomic mass is 10.2. The second-order valence-corrected chi connectivity index (χ2v) is 3.79. The van der Waals surface area contributed by atoms with Crippen LogP contribution in [0.5, 0.6) is 5.75 Å². The number of carbonyl (C=O) groups excluding carboxylic acids is 1. The summed E-state index contributed by atoms with van der Waals surface area (Å²) < 4.78 is 5.08. The van der Waals surface area contributed by atoms with Crippen LogP contribution < -0.4 is 15.4 Å². The average Bonchev–Trinajstić information content (AvgIpc) is 2.40. The number of anilines is 1. The molecular formula is C14H18N2O2. The smallest absolute Gasteiger partial charge is 0.238 e. The van der Waals surface area contributed by atoms with E-state index in [0.717, 1.165) is 6.42 Å². The highest BCUT2D eigenvalue weighted by Gasteiger charge is 2.06. The maximum atomic E-state index is 11.7. The van der Waals surface area contributed by atoms with Crippen molar-refractivity contribution in [2.75, 3.05) is 19.0 Å². The van der Waals surface area contributed by atoms with Crippen molar-refractivity contribution >= 4 is 11.6 Å². The van der Waals surface area contributed by atoms with E-state index < -0.39 is 0 Å². The van der Waals surface area contributed by atoms with E-state index in [1.807, 2.05) is 19.1 Å². The van der Waals surface area contributed by atoms with E-state index in [-0.39, 0.29) is 18.5 Å². The molecule has 1 atom stereocenters. The van der Waals surface area contributed by atoms with Crippen LogP contribution in [0.15, 0.2) is 24.3 Å². The maximum absolute atomic E-state index is 11.7. The summed E-state index contributed by atoms with van der Waals surface area (Å²) >= 11 is 0. The molecule has 0 bridgehead atoms. The molecule has 4 heteroatoms. The summed E-state index contributed by atoms with van der Waals surface area (Å²) in [7, 11) is 1.58. The molecule has 18 heavy (non-hydrogen) atoms. The van der Waals surface area contributed by atoms with Crippen molar-refractivity contribution in [1.82, 2.24) is 5.32 Å². The Morgan fingerprint density at radius 3 is 2.94 bits per heavy atom. The Morgan fingerprint density at radius 1 is 1.56 bits per heavy atom. The molecule has 0 fully saturated rings. The fourth-order valence-electron chi connectivity index (χ4n) is 1.44. The van der Waals surface area contributed by atoms with Gasteiger partial charge in [0.2, 0.25) is 5.91 Å². The van der Waals surface area contributed by atoms with E-state index in [1.54, 1.807) is 19.2 Å².